The number of carbonyl (C=O) groups excluding carboxylic acids is 1. The van der Waals surface area contributed by atoms with Crippen LogP contribution in [-0.4, -0.2) is 40.1 Å². The van der Waals surface area contributed by atoms with Crippen LogP contribution in [0.1, 0.15) is 41.8 Å². The Bertz CT molecular complexity index is 623. The van der Waals surface area contributed by atoms with E-state index in [0.29, 0.717) is 17.9 Å². The fourth-order valence-corrected chi connectivity index (χ4v) is 2.64. The fourth-order valence-electron chi connectivity index (χ4n) is 1.74. The van der Waals surface area contributed by atoms with Gasteiger partial charge in [-0.25, -0.2) is 4.98 Å². The zero-order valence-electron chi connectivity index (χ0n) is 13.0. The zero-order valence-corrected chi connectivity index (χ0v) is 13.8. The van der Waals surface area contributed by atoms with Gasteiger partial charge in [0.05, 0.1) is 23.4 Å². The first-order chi connectivity index (χ1) is 9.79. The molecule has 0 unspecified atom stereocenters. The van der Waals surface area contributed by atoms with Crippen LogP contribution in [0.15, 0.2) is 11.6 Å². The summed E-state index contributed by atoms with van der Waals surface area (Å²) in [5.41, 5.74) is 1.55. The van der Waals surface area contributed by atoms with Crippen molar-refractivity contribution in [3.05, 3.63) is 27.8 Å². The van der Waals surface area contributed by atoms with Crippen molar-refractivity contribution in [1.82, 2.24) is 20.1 Å². The van der Waals surface area contributed by atoms with Gasteiger partial charge in [0.2, 0.25) is 0 Å². The summed E-state index contributed by atoms with van der Waals surface area (Å²) in [6.45, 7) is 6.99. The van der Waals surface area contributed by atoms with Crippen LogP contribution >= 0.6 is 11.3 Å². The highest BCUT2D eigenvalue weighted by molar-refractivity contribution is 7.09. The van der Waals surface area contributed by atoms with Crippen molar-refractivity contribution >= 4 is 23.1 Å². The molecule has 0 aliphatic rings. The van der Waals surface area contributed by atoms with Gasteiger partial charge in [0, 0.05) is 24.9 Å². The topological polar surface area (TPSA) is 73.9 Å². The third-order valence-electron chi connectivity index (χ3n) is 2.92. The van der Waals surface area contributed by atoms with E-state index < -0.39 is 0 Å². The van der Waals surface area contributed by atoms with E-state index in [4.69, 9.17) is 0 Å². The smallest absolute Gasteiger partial charge is 0.258 e. The highest BCUT2D eigenvalue weighted by atomic mass is 32.1. The average Bonchev–Trinajstić information content (AvgIpc) is 3.03. The van der Waals surface area contributed by atoms with Gasteiger partial charge in [-0.05, 0) is 0 Å². The first-order valence-electron chi connectivity index (χ1n) is 6.73. The lowest BCUT2D eigenvalue weighted by molar-refractivity contribution is 0.0828. The molecule has 114 valence electrons. The minimum atomic E-state index is -0.0834. The first-order valence-corrected chi connectivity index (χ1v) is 7.61. The number of amides is 1. The lowest BCUT2D eigenvalue weighted by Gasteiger charge is -2.13. The number of hydrogen-bond donors (Lipinski definition) is 2. The van der Waals surface area contributed by atoms with Crippen molar-refractivity contribution in [2.75, 3.05) is 19.4 Å². The molecular weight excluding hydrogens is 286 g/mol. The highest BCUT2D eigenvalue weighted by Gasteiger charge is 2.19. The van der Waals surface area contributed by atoms with Crippen molar-refractivity contribution in [3.8, 4) is 0 Å². The van der Waals surface area contributed by atoms with Gasteiger partial charge in [-0.15, -0.1) is 11.3 Å². The summed E-state index contributed by atoms with van der Waals surface area (Å²) in [5, 5.41) is 13.1. The molecule has 2 aromatic rings. The number of anilines is 1. The van der Waals surface area contributed by atoms with E-state index in [2.05, 4.69) is 41.3 Å². The van der Waals surface area contributed by atoms with Gasteiger partial charge in [-0.2, -0.15) is 5.10 Å². The van der Waals surface area contributed by atoms with Crippen molar-refractivity contribution in [2.45, 2.75) is 32.7 Å². The van der Waals surface area contributed by atoms with Crippen LogP contribution in [0.25, 0.3) is 0 Å². The fraction of sp³-hybridized carbons (Fsp3) is 0.500. The summed E-state index contributed by atoms with van der Waals surface area (Å²) >= 11 is 1.66. The molecule has 2 heterocycles. The molecule has 0 aliphatic heterocycles. The number of rotatable bonds is 4. The van der Waals surface area contributed by atoms with E-state index in [1.165, 1.54) is 11.1 Å². The Morgan fingerprint density at radius 2 is 2.14 bits per heavy atom. The molecule has 0 aromatic carbocycles. The minimum Gasteiger partial charge on any atom is -0.364 e. The van der Waals surface area contributed by atoms with Crippen molar-refractivity contribution in [1.29, 1.82) is 0 Å². The third kappa shape index (κ3) is 3.60. The van der Waals surface area contributed by atoms with E-state index >= 15 is 0 Å². The van der Waals surface area contributed by atoms with Gasteiger partial charge in [0.1, 0.15) is 11.4 Å². The Kier molecular flexibility index (Phi) is 4.32. The van der Waals surface area contributed by atoms with Crippen LogP contribution in [0.2, 0.25) is 0 Å². The normalized spacial score (nSPS) is 11.5. The lowest BCUT2D eigenvalue weighted by Crippen LogP contribution is -2.22. The second-order valence-corrected chi connectivity index (χ2v) is 6.96. The van der Waals surface area contributed by atoms with Gasteiger partial charge < -0.3 is 10.2 Å². The molecule has 2 N–H and O–H groups in total. The second kappa shape index (κ2) is 5.85. The SMILES string of the molecule is CN(C)C(=O)c1cn[nH]c1NCc1csc(C(C)(C)C)n1. The zero-order chi connectivity index (χ0) is 15.6. The molecule has 0 aliphatic carbocycles. The quantitative estimate of drug-likeness (QED) is 0.910. The highest BCUT2D eigenvalue weighted by Crippen LogP contribution is 2.26. The average molecular weight is 307 g/mol. The van der Waals surface area contributed by atoms with Crippen LogP contribution in [0, 0.1) is 0 Å². The van der Waals surface area contributed by atoms with Crippen LogP contribution in [0.5, 0.6) is 0 Å². The summed E-state index contributed by atoms with van der Waals surface area (Å²) in [7, 11) is 3.43. The molecule has 0 bridgehead atoms. The molecule has 0 fully saturated rings. The van der Waals surface area contributed by atoms with E-state index in [1.54, 1.807) is 25.4 Å². The Labute approximate surface area is 128 Å². The van der Waals surface area contributed by atoms with Gasteiger partial charge in [0.25, 0.3) is 5.91 Å². The predicted octanol–water partition coefficient (Wildman–Crippen LogP) is 2.48. The minimum absolute atomic E-state index is 0.0585. The monoisotopic (exact) mass is 307 g/mol. The largest absolute Gasteiger partial charge is 0.364 e. The standard InChI is InChI=1S/C14H21N5OS/c1-14(2,3)13-17-9(8-21-13)6-15-11-10(7-16-18-11)12(20)19(4)5/h7-8H,6H2,1-5H3,(H2,15,16,18). The van der Waals surface area contributed by atoms with Crippen molar-refractivity contribution in [2.24, 2.45) is 0 Å². The van der Waals surface area contributed by atoms with E-state index in [9.17, 15) is 4.79 Å². The maximum Gasteiger partial charge on any atom is 0.258 e. The molecule has 2 aromatic heterocycles. The van der Waals surface area contributed by atoms with Gasteiger partial charge in [-0.1, -0.05) is 20.8 Å². The van der Waals surface area contributed by atoms with Crippen molar-refractivity contribution in [3.63, 3.8) is 0 Å². The molecule has 1 amide bonds. The Balaban J connectivity index is 2.06. The van der Waals surface area contributed by atoms with Gasteiger partial charge in [-0.3, -0.25) is 9.89 Å². The van der Waals surface area contributed by atoms with E-state index in [1.807, 2.05) is 5.38 Å². The number of aromatic amines is 1. The van der Waals surface area contributed by atoms with E-state index in [-0.39, 0.29) is 11.3 Å². The Morgan fingerprint density at radius 3 is 2.71 bits per heavy atom. The first kappa shape index (κ1) is 15.5. The summed E-state index contributed by atoms with van der Waals surface area (Å²) in [5.74, 6) is 0.541. The summed E-state index contributed by atoms with van der Waals surface area (Å²) < 4.78 is 0. The maximum atomic E-state index is 12.0. The summed E-state index contributed by atoms with van der Waals surface area (Å²) in [6.07, 6.45) is 1.53. The van der Waals surface area contributed by atoms with Crippen LogP contribution in [0.3, 0.4) is 0 Å². The molecule has 2 rings (SSSR count). The number of nitrogens with one attached hydrogen (secondary N) is 2. The summed E-state index contributed by atoms with van der Waals surface area (Å²) in [4.78, 5) is 18.1. The third-order valence-corrected chi connectivity index (χ3v) is 4.23. The number of carbonyl (C=O) groups is 1. The van der Waals surface area contributed by atoms with Crippen LogP contribution < -0.4 is 5.32 Å². The number of H-pyrrole nitrogens is 1. The molecule has 0 saturated heterocycles. The Morgan fingerprint density at radius 1 is 1.43 bits per heavy atom. The second-order valence-electron chi connectivity index (χ2n) is 6.11. The van der Waals surface area contributed by atoms with Crippen LogP contribution in [0.4, 0.5) is 5.82 Å². The lowest BCUT2D eigenvalue weighted by atomic mass is 9.98. The number of thiazole rings is 1. The van der Waals surface area contributed by atoms with E-state index in [0.717, 1.165) is 10.7 Å². The molecule has 0 saturated carbocycles. The number of aromatic nitrogens is 3. The number of nitrogens with zero attached hydrogens (tertiary/aromatic N) is 3. The molecule has 21 heavy (non-hydrogen) atoms. The molecule has 0 atom stereocenters. The molecule has 6 nitrogen and oxygen atoms in total. The van der Waals surface area contributed by atoms with Crippen molar-refractivity contribution < 1.29 is 4.79 Å². The summed E-state index contributed by atoms with van der Waals surface area (Å²) in [6, 6.07) is 0. The predicted molar refractivity (Wildman–Crippen MR) is 84.7 cm³/mol. The molecular formula is C14H21N5OS. The van der Waals surface area contributed by atoms with Gasteiger partial charge in [0.15, 0.2) is 0 Å². The molecule has 0 radical (unpaired) electrons. The van der Waals surface area contributed by atoms with Gasteiger partial charge >= 0.3 is 0 Å². The van der Waals surface area contributed by atoms with Crippen LogP contribution in [-0.2, 0) is 12.0 Å². The number of hydrogen-bond acceptors (Lipinski definition) is 5. The molecule has 0 spiro atoms. The maximum absolute atomic E-state index is 12.0. The molecule has 7 heteroatoms. The Hall–Kier alpha value is -1.89.